The van der Waals surface area contributed by atoms with Gasteiger partial charge in [0.1, 0.15) is 16.5 Å². The Morgan fingerprint density at radius 1 is 1.06 bits per heavy atom. The SMILES string of the molecule is CCC(C)c1nc(N2CCN(C(=O)NC3CCCCC3)CC2)c2c3c(sc2n1)CCCC3. The van der Waals surface area contributed by atoms with Crippen LogP contribution in [0.1, 0.15) is 87.4 Å². The maximum absolute atomic E-state index is 12.8. The molecule has 2 fully saturated rings. The fraction of sp³-hybridized carbons (Fsp3) is 0.720. The van der Waals surface area contributed by atoms with Gasteiger partial charge in [-0.25, -0.2) is 14.8 Å². The molecule has 2 aromatic rings. The van der Waals surface area contributed by atoms with E-state index in [1.165, 1.54) is 59.2 Å². The molecule has 6 nitrogen and oxygen atoms in total. The van der Waals surface area contributed by atoms with Crippen LogP contribution in [0.3, 0.4) is 0 Å². The third kappa shape index (κ3) is 4.33. The van der Waals surface area contributed by atoms with Gasteiger partial charge in [-0.15, -0.1) is 11.3 Å². The number of aromatic nitrogens is 2. The Kier molecular flexibility index (Phi) is 6.54. The molecule has 0 bridgehead atoms. The number of anilines is 1. The van der Waals surface area contributed by atoms with Crippen molar-refractivity contribution in [3.63, 3.8) is 0 Å². The van der Waals surface area contributed by atoms with E-state index < -0.39 is 0 Å². The first-order valence-corrected chi connectivity index (χ1v) is 13.6. The van der Waals surface area contributed by atoms with Gasteiger partial charge in [-0.2, -0.15) is 0 Å². The Morgan fingerprint density at radius 3 is 2.56 bits per heavy atom. The molecule has 2 amide bonds. The number of aryl methyl sites for hydroxylation is 2. The number of carbonyl (C=O) groups excluding carboxylic acids is 1. The van der Waals surface area contributed by atoms with E-state index in [-0.39, 0.29) is 6.03 Å². The molecule has 3 aliphatic rings. The van der Waals surface area contributed by atoms with Crippen LogP contribution in [0.4, 0.5) is 10.6 Å². The highest BCUT2D eigenvalue weighted by atomic mass is 32.1. The number of urea groups is 1. The van der Waals surface area contributed by atoms with Crippen LogP contribution in [0.25, 0.3) is 10.2 Å². The monoisotopic (exact) mass is 455 g/mol. The van der Waals surface area contributed by atoms with Crippen molar-refractivity contribution in [2.75, 3.05) is 31.1 Å². The molecule has 32 heavy (non-hydrogen) atoms. The summed E-state index contributed by atoms with van der Waals surface area (Å²) in [7, 11) is 0. The topological polar surface area (TPSA) is 61.4 Å². The lowest BCUT2D eigenvalue weighted by atomic mass is 9.96. The van der Waals surface area contributed by atoms with Gasteiger partial charge < -0.3 is 15.1 Å². The van der Waals surface area contributed by atoms with Gasteiger partial charge in [0.25, 0.3) is 0 Å². The maximum atomic E-state index is 12.8. The number of piperazine rings is 1. The molecule has 1 saturated heterocycles. The molecular weight excluding hydrogens is 418 g/mol. The highest BCUT2D eigenvalue weighted by molar-refractivity contribution is 7.19. The molecular formula is C25H37N5OS. The van der Waals surface area contributed by atoms with E-state index in [1.807, 2.05) is 16.2 Å². The Bertz CT molecular complexity index is 959. The summed E-state index contributed by atoms with van der Waals surface area (Å²) in [5.74, 6) is 2.46. The molecule has 2 aliphatic carbocycles. The van der Waals surface area contributed by atoms with E-state index in [1.54, 1.807) is 0 Å². The molecule has 1 N–H and O–H groups in total. The van der Waals surface area contributed by atoms with Crippen LogP contribution in [0.5, 0.6) is 0 Å². The molecule has 0 radical (unpaired) electrons. The second-order valence-electron chi connectivity index (χ2n) is 9.86. The van der Waals surface area contributed by atoms with E-state index in [0.717, 1.165) is 63.5 Å². The Hall–Kier alpha value is -1.89. The van der Waals surface area contributed by atoms with Crippen LogP contribution in [0.15, 0.2) is 0 Å². The van der Waals surface area contributed by atoms with Crippen molar-refractivity contribution in [1.82, 2.24) is 20.2 Å². The highest BCUT2D eigenvalue weighted by Gasteiger charge is 2.29. The first kappa shape index (κ1) is 21.9. The van der Waals surface area contributed by atoms with E-state index >= 15 is 0 Å². The lowest BCUT2D eigenvalue weighted by Gasteiger charge is -2.37. The van der Waals surface area contributed by atoms with Crippen LogP contribution < -0.4 is 10.2 Å². The van der Waals surface area contributed by atoms with Gasteiger partial charge >= 0.3 is 6.03 Å². The van der Waals surface area contributed by atoms with Crippen molar-refractivity contribution in [2.45, 2.75) is 90.0 Å². The zero-order valence-corrected chi connectivity index (χ0v) is 20.5. The number of hydrogen-bond donors (Lipinski definition) is 1. The minimum atomic E-state index is 0.123. The van der Waals surface area contributed by atoms with Gasteiger partial charge in [-0.1, -0.05) is 33.1 Å². The third-order valence-electron chi connectivity index (χ3n) is 7.67. The van der Waals surface area contributed by atoms with Crippen molar-refractivity contribution in [3.05, 3.63) is 16.3 Å². The summed E-state index contributed by atoms with van der Waals surface area (Å²) < 4.78 is 0. The Labute approximate surface area is 195 Å². The zero-order chi connectivity index (χ0) is 22.1. The van der Waals surface area contributed by atoms with Crippen molar-refractivity contribution in [1.29, 1.82) is 0 Å². The second kappa shape index (κ2) is 9.54. The van der Waals surface area contributed by atoms with Gasteiger partial charge in [0.15, 0.2) is 0 Å². The molecule has 174 valence electrons. The normalized spacial score (nSPS) is 20.9. The van der Waals surface area contributed by atoms with Gasteiger partial charge in [0, 0.05) is 43.0 Å². The van der Waals surface area contributed by atoms with Crippen molar-refractivity contribution >= 4 is 33.4 Å². The first-order chi connectivity index (χ1) is 15.6. The molecule has 0 aromatic carbocycles. The lowest BCUT2D eigenvalue weighted by molar-refractivity contribution is 0.186. The average Bonchev–Trinajstić information content (AvgIpc) is 3.22. The number of nitrogens with zero attached hydrogens (tertiary/aromatic N) is 4. The van der Waals surface area contributed by atoms with Crippen LogP contribution in [-0.4, -0.2) is 53.1 Å². The lowest BCUT2D eigenvalue weighted by Crippen LogP contribution is -2.54. The standard InChI is InChI=1S/C25H37N5OS/c1-3-17(2)22-27-23(21-19-11-7-8-12-20(19)32-24(21)28-22)29-13-15-30(16-14-29)25(31)26-18-9-5-4-6-10-18/h17-18H,3-16H2,1-2H3,(H,26,31). The van der Waals surface area contributed by atoms with Crippen molar-refractivity contribution < 1.29 is 4.79 Å². The molecule has 1 atom stereocenters. The maximum Gasteiger partial charge on any atom is 0.317 e. The molecule has 3 heterocycles. The minimum Gasteiger partial charge on any atom is -0.352 e. The number of thiophene rings is 1. The highest BCUT2D eigenvalue weighted by Crippen LogP contribution is 2.40. The van der Waals surface area contributed by atoms with Crippen molar-refractivity contribution in [3.8, 4) is 0 Å². The van der Waals surface area contributed by atoms with Gasteiger partial charge in [-0.05, 0) is 50.5 Å². The predicted octanol–water partition coefficient (Wildman–Crippen LogP) is 5.25. The summed E-state index contributed by atoms with van der Waals surface area (Å²) >= 11 is 1.89. The molecule has 1 saturated carbocycles. The van der Waals surface area contributed by atoms with Crippen LogP contribution in [0.2, 0.25) is 0 Å². The molecule has 2 aromatic heterocycles. The fourth-order valence-corrected chi connectivity index (χ4v) is 6.68. The van der Waals surface area contributed by atoms with Crippen LogP contribution in [0, 0.1) is 0 Å². The molecule has 5 rings (SSSR count). The van der Waals surface area contributed by atoms with E-state index in [0.29, 0.717) is 12.0 Å². The zero-order valence-electron chi connectivity index (χ0n) is 19.7. The predicted molar refractivity (Wildman–Crippen MR) is 132 cm³/mol. The fourth-order valence-electron chi connectivity index (χ4n) is 5.42. The van der Waals surface area contributed by atoms with E-state index in [4.69, 9.17) is 9.97 Å². The number of fused-ring (bicyclic) bond motifs is 3. The number of carbonyl (C=O) groups is 1. The van der Waals surface area contributed by atoms with Gasteiger partial charge in [0.2, 0.25) is 0 Å². The Morgan fingerprint density at radius 2 is 1.81 bits per heavy atom. The summed E-state index contributed by atoms with van der Waals surface area (Å²) in [6.45, 7) is 7.64. The van der Waals surface area contributed by atoms with Crippen molar-refractivity contribution in [2.24, 2.45) is 0 Å². The Balaban J connectivity index is 1.36. The summed E-state index contributed by atoms with van der Waals surface area (Å²) in [5.41, 5.74) is 1.50. The quantitative estimate of drug-likeness (QED) is 0.684. The van der Waals surface area contributed by atoms with E-state index in [2.05, 4.69) is 24.1 Å². The number of rotatable bonds is 4. The average molecular weight is 456 g/mol. The molecule has 1 unspecified atom stereocenters. The molecule has 1 aliphatic heterocycles. The molecule has 0 spiro atoms. The largest absolute Gasteiger partial charge is 0.352 e. The summed E-state index contributed by atoms with van der Waals surface area (Å²) in [6.07, 6.45) is 12.0. The summed E-state index contributed by atoms with van der Waals surface area (Å²) in [5, 5.41) is 4.59. The van der Waals surface area contributed by atoms with Crippen LogP contribution in [-0.2, 0) is 12.8 Å². The smallest absolute Gasteiger partial charge is 0.317 e. The van der Waals surface area contributed by atoms with Gasteiger partial charge in [-0.3, -0.25) is 0 Å². The number of nitrogens with one attached hydrogen (secondary N) is 1. The summed E-state index contributed by atoms with van der Waals surface area (Å²) in [6, 6.07) is 0.490. The minimum absolute atomic E-state index is 0.123. The second-order valence-corrected chi connectivity index (χ2v) is 10.9. The number of amides is 2. The van der Waals surface area contributed by atoms with Gasteiger partial charge in [0.05, 0.1) is 5.39 Å². The van der Waals surface area contributed by atoms with Crippen LogP contribution >= 0.6 is 11.3 Å². The number of hydrogen-bond acceptors (Lipinski definition) is 5. The first-order valence-electron chi connectivity index (χ1n) is 12.8. The third-order valence-corrected chi connectivity index (χ3v) is 8.85. The molecule has 7 heteroatoms. The summed E-state index contributed by atoms with van der Waals surface area (Å²) in [4.78, 5) is 30.1. The van der Waals surface area contributed by atoms with E-state index in [9.17, 15) is 4.79 Å².